The topological polar surface area (TPSA) is 96.0 Å². The minimum Gasteiger partial charge on any atom is -0.497 e. The van der Waals surface area contributed by atoms with E-state index in [1.54, 1.807) is 44.4 Å². The quantitative estimate of drug-likeness (QED) is 0.394. The summed E-state index contributed by atoms with van der Waals surface area (Å²) in [5.41, 5.74) is 2.10. The van der Waals surface area contributed by atoms with Crippen LogP contribution in [0.4, 0.5) is 5.69 Å². The van der Waals surface area contributed by atoms with Gasteiger partial charge in [-0.2, -0.15) is 0 Å². The molecule has 0 aliphatic rings. The summed E-state index contributed by atoms with van der Waals surface area (Å²) in [5.74, 6) is 0.226. The molecule has 8 nitrogen and oxygen atoms in total. The first kappa shape index (κ1) is 30.4. The van der Waals surface area contributed by atoms with Crippen LogP contribution in [-0.4, -0.2) is 57.1 Å². The highest BCUT2D eigenvalue weighted by Gasteiger charge is 2.27. The minimum absolute atomic E-state index is 0.0165. The zero-order valence-electron chi connectivity index (χ0n) is 22.5. The number of halogens is 1. The molecule has 0 spiro atoms. The van der Waals surface area contributed by atoms with E-state index in [1.807, 2.05) is 32.9 Å². The number of aryl methyl sites for hydroxylation is 1. The average molecular weight is 552 g/mol. The third-order valence-corrected chi connectivity index (χ3v) is 7.69. The van der Waals surface area contributed by atoms with Crippen molar-refractivity contribution in [2.24, 2.45) is 0 Å². The maximum atomic E-state index is 13.4. The highest BCUT2D eigenvalue weighted by molar-refractivity contribution is 7.92. The number of hydrogen-bond donors (Lipinski definition) is 1. The van der Waals surface area contributed by atoms with Gasteiger partial charge in [0, 0.05) is 30.6 Å². The van der Waals surface area contributed by atoms with Crippen LogP contribution >= 0.6 is 11.6 Å². The van der Waals surface area contributed by atoms with E-state index < -0.39 is 16.1 Å². The van der Waals surface area contributed by atoms with E-state index in [-0.39, 0.29) is 43.8 Å². The number of carbonyl (C=O) groups is 2. The van der Waals surface area contributed by atoms with Crippen LogP contribution < -0.4 is 14.4 Å². The Kier molecular flexibility index (Phi) is 11.3. The number of sulfonamides is 1. The van der Waals surface area contributed by atoms with Crippen LogP contribution in [0.3, 0.4) is 0 Å². The molecular formula is C27H38ClN3O5S. The summed E-state index contributed by atoms with van der Waals surface area (Å²) < 4.78 is 31.6. The molecule has 0 saturated heterocycles. The minimum atomic E-state index is -3.60. The molecule has 0 heterocycles. The Morgan fingerprint density at radius 2 is 1.76 bits per heavy atom. The SMILES string of the molecule is CC[C@@H](C)NC(=O)[C@H](C)N(Cc1ccc(OC)cc1)C(=O)CCCN(c1cc(Cl)ccc1C)S(C)(=O)=O. The molecule has 0 aromatic heterocycles. The molecule has 0 fully saturated rings. The lowest BCUT2D eigenvalue weighted by Gasteiger charge is -2.30. The van der Waals surface area contributed by atoms with Crippen molar-refractivity contribution in [2.75, 3.05) is 24.2 Å². The fourth-order valence-corrected chi connectivity index (χ4v) is 4.99. The van der Waals surface area contributed by atoms with Crippen molar-refractivity contribution in [3.05, 3.63) is 58.6 Å². The Morgan fingerprint density at radius 3 is 2.32 bits per heavy atom. The smallest absolute Gasteiger partial charge is 0.242 e. The lowest BCUT2D eigenvalue weighted by Crippen LogP contribution is -2.49. The van der Waals surface area contributed by atoms with Crippen molar-refractivity contribution in [3.63, 3.8) is 0 Å². The average Bonchev–Trinajstić information content (AvgIpc) is 2.85. The summed E-state index contributed by atoms with van der Waals surface area (Å²) in [6.45, 7) is 7.75. The molecule has 0 unspecified atom stereocenters. The van der Waals surface area contributed by atoms with E-state index in [0.717, 1.165) is 23.8 Å². The fourth-order valence-electron chi connectivity index (χ4n) is 3.81. The molecule has 0 bridgehead atoms. The van der Waals surface area contributed by atoms with Gasteiger partial charge in [0.1, 0.15) is 11.8 Å². The van der Waals surface area contributed by atoms with Crippen molar-refractivity contribution >= 4 is 39.1 Å². The number of benzene rings is 2. The molecule has 2 amide bonds. The molecule has 0 aliphatic carbocycles. The van der Waals surface area contributed by atoms with Crippen molar-refractivity contribution in [1.82, 2.24) is 10.2 Å². The van der Waals surface area contributed by atoms with Gasteiger partial charge >= 0.3 is 0 Å². The van der Waals surface area contributed by atoms with Gasteiger partial charge in [-0.15, -0.1) is 0 Å². The monoisotopic (exact) mass is 551 g/mol. The number of carbonyl (C=O) groups excluding carboxylic acids is 2. The van der Waals surface area contributed by atoms with Crippen LogP contribution in [0.25, 0.3) is 0 Å². The van der Waals surface area contributed by atoms with E-state index in [1.165, 1.54) is 9.21 Å². The number of methoxy groups -OCH3 is 1. The van der Waals surface area contributed by atoms with Crippen LogP contribution in [0.2, 0.25) is 5.02 Å². The number of amides is 2. The lowest BCUT2D eigenvalue weighted by atomic mass is 10.1. The standard InChI is InChI=1S/C27H38ClN3O5S/c1-7-20(3)29-27(33)21(4)30(18-22-11-14-24(36-5)15-12-22)26(32)9-8-16-31(37(6,34)35)25-17-23(28)13-10-19(25)2/h10-15,17,20-21H,7-9,16,18H2,1-6H3,(H,29,33)/t20-,21+/m1/s1. The van der Waals surface area contributed by atoms with Crippen LogP contribution in [0, 0.1) is 6.92 Å². The Hall–Kier alpha value is -2.78. The third kappa shape index (κ3) is 8.93. The Balaban J connectivity index is 2.21. The first-order valence-electron chi connectivity index (χ1n) is 12.3. The molecule has 37 heavy (non-hydrogen) atoms. The van der Waals surface area contributed by atoms with Gasteiger partial charge in [0.2, 0.25) is 21.8 Å². The Morgan fingerprint density at radius 1 is 1.11 bits per heavy atom. The molecule has 0 radical (unpaired) electrons. The number of hydrogen-bond acceptors (Lipinski definition) is 5. The van der Waals surface area contributed by atoms with E-state index >= 15 is 0 Å². The number of anilines is 1. The largest absolute Gasteiger partial charge is 0.497 e. The molecule has 2 rings (SSSR count). The molecule has 1 N–H and O–H groups in total. The fraction of sp³-hybridized carbons (Fsp3) is 0.481. The number of nitrogens with zero attached hydrogens (tertiary/aromatic N) is 2. The molecule has 0 saturated carbocycles. The molecule has 2 aromatic rings. The molecule has 2 aromatic carbocycles. The second kappa shape index (κ2) is 13.7. The normalized spacial score (nSPS) is 12.9. The van der Waals surface area contributed by atoms with Crippen LogP contribution in [0.5, 0.6) is 5.75 Å². The van der Waals surface area contributed by atoms with Crippen LogP contribution in [0.1, 0.15) is 51.2 Å². The van der Waals surface area contributed by atoms with Gasteiger partial charge in [-0.3, -0.25) is 13.9 Å². The first-order chi connectivity index (χ1) is 17.4. The molecule has 2 atom stereocenters. The van der Waals surface area contributed by atoms with Gasteiger partial charge in [0.05, 0.1) is 19.1 Å². The summed E-state index contributed by atoms with van der Waals surface area (Å²) >= 11 is 6.12. The predicted octanol–water partition coefficient (Wildman–Crippen LogP) is 4.54. The summed E-state index contributed by atoms with van der Waals surface area (Å²) in [5, 5.41) is 3.37. The third-order valence-electron chi connectivity index (χ3n) is 6.27. The number of nitrogens with one attached hydrogen (secondary N) is 1. The van der Waals surface area contributed by atoms with Gasteiger partial charge in [-0.25, -0.2) is 8.42 Å². The molecule has 204 valence electrons. The maximum Gasteiger partial charge on any atom is 0.242 e. The number of rotatable bonds is 13. The highest BCUT2D eigenvalue weighted by atomic mass is 35.5. The van der Waals surface area contributed by atoms with Crippen molar-refractivity contribution in [1.29, 1.82) is 0 Å². The zero-order valence-corrected chi connectivity index (χ0v) is 24.0. The molecule has 10 heteroatoms. The lowest BCUT2D eigenvalue weighted by molar-refractivity contribution is -0.140. The summed E-state index contributed by atoms with van der Waals surface area (Å²) in [6, 6.07) is 11.7. The van der Waals surface area contributed by atoms with Crippen LogP contribution in [-0.2, 0) is 26.2 Å². The van der Waals surface area contributed by atoms with E-state index in [9.17, 15) is 18.0 Å². The highest BCUT2D eigenvalue weighted by Crippen LogP contribution is 2.27. The Labute approximate surface area is 226 Å². The van der Waals surface area contributed by atoms with E-state index in [2.05, 4.69) is 5.32 Å². The van der Waals surface area contributed by atoms with E-state index in [0.29, 0.717) is 16.5 Å². The van der Waals surface area contributed by atoms with Crippen molar-refractivity contribution < 1.29 is 22.7 Å². The van der Waals surface area contributed by atoms with Gasteiger partial charge in [0.25, 0.3) is 0 Å². The molecular weight excluding hydrogens is 514 g/mol. The predicted molar refractivity (Wildman–Crippen MR) is 149 cm³/mol. The molecule has 0 aliphatic heterocycles. The zero-order chi connectivity index (χ0) is 27.8. The van der Waals surface area contributed by atoms with Crippen molar-refractivity contribution in [2.45, 2.75) is 65.6 Å². The van der Waals surface area contributed by atoms with Gasteiger partial charge in [0.15, 0.2) is 0 Å². The summed E-state index contributed by atoms with van der Waals surface area (Å²) in [6.07, 6.45) is 2.25. The Bertz CT molecular complexity index is 1170. The van der Waals surface area contributed by atoms with Crippen LogP contribution in [0.15, 0.2) is 42.5 Å². The van der Waals surface area contributed by atoms with Gasteiger partial charge < -0.3 is 15.0 Å². The van der Waals surface area contributed by atoms with Gasteiger partial charge in [-0.1, -0.05) is 36.7 Å². The second-order valence-corrected chi connectivity index (χ2v) is 11.6. The summed E-state index contributed by atoms with van der Waals surface area (Å²) in [7, 11) is -2.02. The first-order valence-corrected chi connectivity index (χ1v) is 14.6. The second-order valence-electron chi connectivity index (χ2n) is 9.23. The van der Waals surface area contributed by atoms with Crippen molar-refractivity contribution in [3.8, 4) is 5.75 Å². The summed E-state index contributed by atoms with van der Waals surface area (Å²) in [4.78, 5) is 27.8. The number of ether oxygens (including phenoxy) is 1. The van der Waals surface area contributed by atoms with Gasteiger partial charge in [-0.05, 0) is 69.0 Å². The maximum absolute atomic E-state index is 13.4. The van der Waals surface area contributed by atoms with E-state index in [4.69, 9.17) is 16.3 Å².